The summed E-state index contributed by atoms with van der Waals surface area (Å²) in [7, 11) is 6.80. The van der Waals surface area contributed by atoms with Crippen LogP contribution in [0.4, 0.5) is 5.69 Å². The second-order valence-electron chi connectivity index (χ2n) is 5.65. The molecule has 0 bridgehead atoms. The Morgan fingerprint density at radius 2 is 2.04 bits per heavy atom. The third-order valence-electron chi connectivity index (χ3n) is 3.70. The van der Waals surface area contributed by atoms with Gasteiger partial charge in [-0.2, -0.15) is 5.10 Å². The van der Waals surface area contributed by atoms with Gasteiger partial charge >= 0.3 is 0 Å². The Hall–Kier alpha value is -2.70. The molecule has 0 aliphatic heterocycles. The van der Waals surface area contributed by atoms with E-state index in [1.807, 2.05) is 38.4 Å². The molecule has 24 heavy (non-hydrogen) atoms. The second kappa shape index (κ2) is 7.72. The van der Waals surface area contributed by atoms with E-state index in [1.54, 1.807) is 37.0 Å². The van der Waals surface area contributed by atoms with E-state index in [2.05, 4.69) is 10.4 Å². The van der Waals surface area contributed by atoms with E-state index in [-0.39, 0.29) is 11.9 Å². The van der Waals surface area contributed by atoms with Crippen molar-refractivity contribution in [1.29, 1.82) is 0 Å². The standard InChI is InChI=1S/C17H24N4O3/c1-12(19-14-9-18-21(3)11-14)17(22)20(2)10-13-6-7-15(23-4)16(8-13)24-5/h6-9,11-12,19H,10H2,1-5H3. The Morgan fingerprint density at radius 1 is 1.33 bits per heavy atom. The van der Waals surface area contributed by atoms with Crippen LogP contribution in [0.1, 0.15) is 12.5 Å². The highest BCUT2D eigenvalue weighted by atomic mass is 16.5. The molecule has 0 saturated carbocycles. The normalized spacial score (nSPS) is 11.7. The number of benzene rings is 1. The van der Waals surface area contributed by atoms with E-state index >= 15 is 0 Å². The molecule has 7 heteroatoms. The van der Waals surface area contributed by atoms with Gasteiger partial charge < -0.3 is 19.7 Å². The summed E-state index contributed by atoms with van der Waals surface area (Å²) in [6, 6.07) is 5.29. The maximum absolute atomic E-state index is 12.5. The first-order valence-corrected chi connectivity index (χ1v) is 7.65. The van der Waals surface area contributed by atoms with Gasteiger partial charge in [-0.15, -0.1) is 0 Å². The molecule has 1 heterocycles. The van der Waals surface area contributed by atoms with Gasteiger partial charge in [0.1, 0.15) is 6.04 Å². The number of hydrogen-bond donors (Lipinski definition) is 1. The molecule has 2 rings (SSSR count). The third kappa shape index (κ3) is 4.18. The number of nitrogens with zero attached hydrogens (tertiary/aromatic N) is 3. The average Bonchev–Trinajstić information content (AvgIpc) is 2.98. The molecule has 1 aromatic carbocycles. The molecule has 0 aliphatic rings. The van der Waals surface area contributed by atoms with E-state index in [4.69, 9.17) is 9.47 Å². The SMILES string of the molecule is COc1ccc(CN(C)C(=O)C(C)Nc2cnn(C)c2)cc1OC. The van der Waals surface area contributed by atoms with E-state index in [1.165, 1.54) is 0 Å². The summed E-state index contributed by atoms with van der Waals surface area (Å²) in [5.41, 5.74) is 1.79. The van der Waals surface area contributed by atoms with Crippen molar-refractivity contribution >= 4 is 11.6 Å². The largest absolute Gasteiger partial charge is 0.493 e. The molecule has 1 unspecified atom stereocenters. The lowest BCUT2D eigenvalue weighted by Crippen LogP contribution is -2.38. The molecule has 7 nitrogen and oxygen atoms in total. The van der Waals surface area contributed by atoms with Gasteiger partial charge in [0.25, 0.3) is 0 Å². The fraction of sp³-hybridized carbons (Fsp3) is 0.412. The number of hydrogen-bond acceptors (Lipinski definition) is 5. The first-order chi connectivity index (χ1) is 11.4. The fourth-order valence-electron chi connectivity index (χ4n) is 2.47. The lowest BCUT2D eigenvalue weighted by Gasteiger charge is -2.22. The second-order valence-corrected chi connectivity index (χ2v) is 5.65. The van der Waals surface area contributed by atoms with Gasteiger partial charge in [-0.05, 0) is 24.6 Å². The summed E-state index contributed by atoms with van der Waals surface area (Å²) in [6.45, 7) is 2.32. The Labute approximate surface area is 142 Å². The number of carbonyl (C=O) groups is 1. The molecule has 1 N–H and O–H groups in total. The summed E-state index contributed by atoms with van der Waals surface area (Å²) in [5, 5.41) is 7.23. The van der Waals surface area contributed by atoms with Crippen molar-refractivity contribution in [1.82, 2.24) is 14.7 Å². The minimum atomic E-state index is -0.348. The zero-order valence-electron chi connectivity index (χ0n) is 14.7. The summed E-state index contributed by atoms with van der Waals surface area (Å²) in [6.07, 6.45) is 3.52. The predicted octanol–water partition coefficient (Wildman–Crippen LogP) is 1.90. The van der Waals surface area contributed by atoms with E-state index in [9.17, 15) is 4.79 Å². The average molecular weight is 332 g/mol. The van der Waals surface area contributed by atoms with Crippen molar-refractivity contribution < 1.29 is 14.3 Å². The highest BCUT2D eigenvalue weighted by Crippen LogP contribution is 2.28. The maximum atomic E-state index is 12.5. The van der Waals surface area contributed by atoms with Crippen molar-refractivity contribution in [2.24, 2.45) is 7.05 Å². The summed E-state index contributed by atoms with van der Waals surface area (Å²) >= 11 is 0. The molecule has 0 aliphatic carbocycles. The van der Waals surface area contributed by atoms with Gasteiger partial charge in [-0.25, -0.2) is 0 Å². The van der Waals surface area contributed by atoms with Gasteiger partial charge in [0.2, 0.25) is 5.91 Å². The van der Waals surface area contributed by atoms with E-state index < -0.39 is 0 Å². The zero-order valence-corrected chi connectivity index (χ0v) is 14.7. The number of anilines is 1. The van der Waals surface area contributed by atoms with Crippen molar-refractivity contribution in [3.8, 4) is 11.5 Å². The van der Waals surface area contributed by atoms with E-state index in [0.717, 1.165) is 11.3 Å². The van der Waals surface area contributed by atoms with Crippen LogP contribution < -0.4 is 14.8 Å². The van der Waals surface area contributed by atoms with Crippen LogP contribution in [0.15, 0.2) is 30.6 Å². The molecule has 0 fully saturated rings. The fourth-order valence-corrected chi connectivity index (χ4v) is 2.47. The van der Waals surface area contributed by atoms with Crippen LogP contribution in [-0.4, -0.2) is 47.9 Å². The van der Waals surface area contributed by atoms with E-state index in [0.29, 0.717) is 18.0 Å². The van der Waals surface area contributed by atoms with Crippen LogP contribution in [0, 0.1) is 0 Å². The van der Waals surface area contributed by atoms with Crippen molar-refractivity contribution in [2.45, 2.75) is 19.5 Å². The molecule has 0 spiro atoms. The lowest BCUT2D eigenvalue weighted by atomic mass is 10.1. The summed E-state index contributed by atoms with van der Waals surface area (Å²) < 4.78 is 12.2. The van der Waals surface area contributed by atoms with Gasteiger partial charge in [-0.3, -0.25) is 9.48 Å². The molecule has 0 radical (unpaired) electrons. The summed E-state index contributed by atoms with van der Waals surface area (Å²) in [5.74, 6) is 1.31. The van der Waals surface area contributed by atoms with Gasteiger partial charge in [0.05, 0.1) is 26.1 Å². The van der Waals surface area contributed by atoms with Crippen molar-refractivity contribution in [2.75, 3.05) is 26.6 Å². The lowest BCUT2D eigenvalue weighted by molar-refractivity contribution is -0.130. The Bertz CT molecular complexity index is 699. The first-order valence-electron chi connectivity index (χ1n) is 7.65. The molecule has 1 amide bonds. The molecule has 2 aromatic rings. The molecule has 130 valence electrons. The number of rotatable bonds is 7. The van der Waals surface area contributed by atoms with Gasteiger partial charge in [0.15, 0.2) is 11.5 Å². The van der Waals surface area contributed by atoms with Gasteiger partial charge in [0, 0.05) is 26.8 Å². The van der Waals surface area contributed by atoms with Crippen LogP contribution in [-0.2, 0) is 18.4 Å². The number of aromatic nitrogens is 2. The number of ether oxygens (including phenoxy) is 2. The minimum Gasteiger partial charge on any atom is -0.493 e. The number of likely N-dealkylation sites (N-methyl/N-ethyl adjacent to an activating group) is 1. The number of aryl methyl sites for hydroxylation is 1. The number of carbonyl (C=O) groups excluding carboxylic acids is 1. The smallest absolute Gasteiger partial charge is 0.244 e. The van der Waals surface area contributed by atoms with Crippen LogP contribution in [0.25, 0.3) is 0 Å². The topological polar surface area (TPSA) is 68.6 Å². The monoisotopic (exact) mass is 332 g/mol. The molecular formula is C17H24N4O3. The first kappa shape index (κ1) is 17.7. The summed E-state index contributed by atoms with van der Waals surface area (Å²) in [4.78, 5) is 14.2. The highest BCUT2D eigenvalue weighted by Gasteiger charge is 2.18. The number of methoxy groups -OCH3 is 2. The molecule has 1 atom stereocenters. The number of amides is 1. The maximum Gasteiger partial charge on any atom is 0.244 e. The highest BCUT2D eigenvalue weighted by molar-refractivity contribution is 5.84. The van der Waals surface area contributed by atoms with Gasteiger partial charge in [-0.1, -0.05) is 6.07 Å². The van der Waals surface area contributed by atoms with Crippen LogP contribution in [0.2, 0.25) is 0 Å². The third-order valence-corrected chi connectivity index (χ3v) is 3.70. The van der Waals surface area contributed by atoms with Crippen molar-refractivity contribution in [3.63, 3.8) is 0 Å². The Balaban J connectivity index is 2.00. The van der Waals surface area contributed by atoms with Crippen molar-refractivity contribution in [3.05, 3.63) is 36.2 Å². The van der Waals surface area contributed by atoms with Crippen LogP contribution in [0.5, 0.6) is 11.5 Å². The predicted molar refractivity (Wildman–Crippen MR) is 92.3 cm³/mol. The Morgan fingerprint density at radius 3 is 2.62 bits per heavy atom. The zero-order chi connectivity index (χ0) is 17.7. The van der Waals surface area contributed by atoms with Crippen LogP contribution in [0.3, 0.4) is 0 Å². The number of nitrogens with one attached hydrogen (secondary N) is 1. The quantitative estimate of drug-likeness (QED) is 0.839. The molecular weight excluding hydrogens is 308 g/mol. The molecule has 0 saturated heterocycles. The Kier molecular flexibility index (Phi) is 5.68. The minimum absolute atomic E-state index is 0.00589. The molecule has 1 aromatic heterocycles. The van der Waals surface area contributed by atoms with Crippen LogP contribution >= 0.6 is 0 Å².